The van der Waals surface area contributed by atoms with E-state index in [2.05, 4.69) is 17.5 Å². The van der Waals surface area contributed by atoms with Gasteiger partial charge in [0.1, 0.15) is 5.75 Å². The van der Waals surface area contributed by atoms with Crippen LogP contribution >= 0.6 is 0 Å². The summed E-state index contributed by atoms with van der Waals surface area (Å²) in [5, 5.41) is 3.99. The van der Waals surface area contributed by atoms with Crippen LogP contribution in [-0.4, -0.2) is 38.5 Å². The van der Waals surface area contributed by atoms with E-state index in [4.69, 9.17) is 4.74 Å². The summed E-state index contributed by atoms with van der Waals surface area (Å²) in [4.78, 5) is 12.7. The van der Waals surface area contributed by atoms with Crippen molar-refractivity contribution in [3.63, 3.8) is 0 Å². The number of amides is 1. The summed E-state index contributed by atoms with van der Waals surface area (Å²) < 4.78 is 33.3. The van der Waals surface area contributed by atoms with Crippen molar-refractivity contribution in [1.29, 1.82) is 0 Å². The van der Waals surface area contributed by atoms with Crippen LogP contribution in [0.4, 0.5) is 0 Å². The van der Waals surface area contributed by atoms with E-state index in [-0.39, 0.29) is 18.0 Å². The maximum atomic E-state index is 13.4. The Morgan fingerprint density at radius 1 is 1.03 bits per heavy atom. The Morgan fingerprint density at radius 3 is 2.35 bits per heavy atom. The number of aryl methyl sites for hydroxylation is 2. The maximum absolute atomic E-state index is 13.4. The number of nitrogens with zero attached hydrogens (tertiary/aromatic N) is 2. The first-order valence-corrected chi connectivity index (χ1v) is 12.4. The molecule has 1 N–H and O–H groups in total. The fraction of sp³-hybridized carbons (Fsp3) is 0.231. The van der Waals surface area contributed by atoms with E-state index >= 15 is 0 Å². The predicted molar refractivity (Wildman–Crippen MR) is 133 cm³/mol. The van der Waals surface area contributed by atoms with E-state index in [9.17, 15) is 13.2 Å². The second-order valence-corrected chi connectivity index (χ2v) is 9.72. The Hall–Kier alpha value is -3.49. The molecule has 0 aliphatic rings. The molecule has 0 spiro atoms. The topological polar surface area (TPSA) is 88.1 Å². The van der Waals surface area contributed by atoms with Gasteiger partial charge in [-0.2, -0.15) is 9.41 Å². The number of benzene rings is 3. The first-order chi connectivity index (χ1) is 16.3. The Bertz CT molecular complexity index is 1240. The molecule has 34 heavy (non-hydrogen) atoms. The van der Waals surface area contributed by atoms with E-state index < -0.39 is 15.9 Å². The number of hydrogen-bond acceptors (Lipinski definition) is 5. The second-order valence-electron chi connectivity index (χ2n) is 7.78. The number of hydrazone groups is 1. The van der Waals surface area contributed by atoms with Crippen LogP contribution in [0.3, 0.4) is 0 Å². The Kier molecular flexibility index (Phi) is 8.56. The van der Waals surface area contributed by atoms with Crippen LogP contribution in [0.25, 0.3) is 0 Å². The summed E-state index contributed by atoms with van der Waals surface area (Å²) in [5.74, 6) is 0.0544. The first kappa shape index (κ1) is 25.1. The molecular formula is C26H29N3O4S. The zero-order valence-electron chi connectivity index (χ0n) is 19.6. The molecule has 0 fully saturated rings. The molecule has 1 amide bonds. The van der Waals surface area contributed by atoms with Crippen molar-refractivity contribution in [1.82, 2.24) is 9.73 Å². The highest BCUT2D eigenvalue weighted by Crippen LogP contribution is 2.24. The lowest BCUT2D eigenvalue weighted by atomic mass is 10.1. The minimum atomic E-state index is -3.96. The average molecular weight is 480 g/mol. The van der Waals surface area contributed by atoms with Gasteiger partial charge in [0.05, 0.1) is 24.8 Å². The van der Waals surface area contributed by atoms with Gasteiger partial charge >= 0.3 is 0 Å². The molecule has 0 saturated heterocycles. The summed E-state index contributed by atoms with van der Waals surface area (Å²) in [5.41, 5.74) is 5.93. The fourth-order valence-corrected chi connectivity index (χ4v) is 4.86. The van der Waals surface area contributed by atoms with E-state index in [1.54, 1.807) is 19.1 Å². The molecule has 0 atom stereocenters. The molecule has 0 radical (unpaired) electrons. The number of nitrogens with one attached hydrogen (secondary N) is 1. The molecule has 0 unspecified atom stereocenters. The monoisotopic (exact) mass is 479 g/mol. The van der Waals surface area contributed by atoms with Gasteiger partial charge in [-0.15, -0.1) is 0 Å². The number of hydrogen-bond donors (Lipinski definition) is 1. The van der Waals surface area contributed by atoms with Gasteiger partial charge in [0.25, 0.3) is 5.91 Å². The molecule has 0 saturated carbocycles. The third-order valence-corrected chi connectivity index (χ3v) is 7.10. The van der Waals surface area contributed by atoms with Crippen molar-refractivity contribution in [2.45, 2.75) is 31.7 Å². The molecule has 0 heterocycles. The lowest BCUT2D eigenvalue weighted by Gasteiger charge is -2.22. The molecule has 178 valence electrons. The third kappa shape index (κ3) is 6.52. The second kappa shape index (κ2) is 11.6. The summed E-state index contributed by atoms with van der Waals surface area (Å²) in [6.45, 7) is 3.51. The Balaban J connectivity index is 1.78. The van der Waals surface area contributed by atoms with E-state index in [1.165, 1.54) is 25.0 Å². The largest absolute Gasteiger partial charge is 0.496 e. The van der Waals surface area contributed by atoms with Gasteiger partial charge in [0.15, 0.2) is 0 Å². The van der Waals surface area contributed by atoms with Crippen LogP contribution in [0, 0.1) is 6.92 Å². The molecule has 3 rings (SSSR count). The molecule has 0 bridgehead atoms. The normalized spacial score (nSPS) is 11.6. The SMILES string of the molecule is CCc1ccc(C=NNC(=O)CN(Cc2ccccc2)S(=O)(=O)c2ccc(OC)c(C)c2)cc1. The zero-order valence-corrected chi connectivity index (χ0v) is 20.4. The van der Waals surface area contributed by atoms with Gasteiger partial charge in [0.2, 0.25) is 10.0 Å². The summed E-state index contributed by atoms with van der Waals surface area (Å²) >= 11 is 0. The summed E-state index contributed by atoms with van der Waals surface area (Å²) in [6, 6.07) is 21.6. The number of sulfonamides is 1. The van der Waals surface area contributed by atoms with Crippen LogP contribution in [0.1, 0.15) is 29.2 Å². The maximum Gasteiger partial charge on any atom is 0.255 e. The summed E-state index contributed by atoms with van der Waals surface area (Å²) in [7, 11) is -2.43. The van der Waals surface area contributed by atoms with E-state index in [0.717, 1.165) is 21.9 Å². The van der Waals surface area contributed by atoms with Gasteiger partial charge in [-0.1, -0.05) is 61.5 Å². The smallest absolute Gasteiger partial charge is 0.255 e. The number of carbonyl (C=O) groups is 1. The van der Waals surface area contributed by atoms with Crippen molar-refractivity contribution < 1.29 is 17.9 Å². The Morgan fingerprint density at radius 2 is 1.74 bits per heavy atom. The highest BCUT2D eigenvalue weighted by Gasteiger charge is 2.27. The van der Waals surface area contributed by atoms with Crippen LogP contribution in [-0.2, 0) is 27.8 Å². The molecular weight excluding hydrogens is 450 g/mol. The highest BCUT2D eigenvalue weighted by molar-refractivity contribution is 7.89. The van der Waals surface area contributed by atoms with Gasteiger partial charge < -0.3 is 4.74 Å². The fourth-order valence-electron chi connectivity index (χ4n) is 3.39. The molecule has 3 aromatic rings. The third-order valence-electron chi connectivity index (χ3n) is 5.32. The number of ether oxygens (including phenoxy) is 1. The van der Waals surface area contributed by atoms with E-state index in [0.29, 0.717) is 11.3 Å². The average Bonchev–Trinajstić information content (AvgIpc) is 2.84. The highest BCUT2D eigenvalue weighted by atomic mass is 32.2. The lowest BCUT2D eigenvalue weighted by molar-refractivity contribution is -0.121. The van der Waals surface area contributed by atoms with Crippen LogP contribution in [0.15, 0.2) is 82.8 Å². The van der Waals surface area contributed by atoms with Crippen molar-refractivity contribution in [2.75, 3.05) is 13.7 Å². The van der Waals surface area contributed by atoms with Gasteiger partial charge in [-0.05, 0) is 53.8 Å². The van der Waals surface area contributed by atoms with Gasteiger partial charge in [0, 0.05) is 6.54 Å². The Labute approximate surface area is 201 Å². The van der Waals surface area contributed by atoms with Crippen molar-refractivity contribution in [2.24, 2.45) is 5.10 Å². The number of carbonyl (C=O) groups excluding carboxylic acids is 1. The lowest BCUT2D eigenvalue weighted by Crippen LogP contribution is -2.39. The zero-order chi connectivity index (χ0) is 24.6. The molecule has 8 heteroatoms. The van der Waals surface area contributed by atoms with Crippen LogP contribution in [0.2, 0.25) is 0 Å². The van der Waals surface area contributed by atoms with Gasteiger partial charge in [-0.3, -0.25) is 4.79 Å². The molecule has 0 aromatic heterocycles. The molecule has 0 aliphatic carbocycles. The molecule has 7 nitrogen and oxygen atoms in total. The molecule has 0 aliphatic heterocycles. The summed E-state index contributed by atoms with van der Waals surface area (Å²) in [6.07, 6.45) is 2.47. The molecule has 3 aromatic carbocycles. The van der Waals surface area contributed by atoms with Crippen molar-refractivity contribution in [3.8, 4) is 5.75 Å². The van der Waals surface area contributed by atoms with Crippen molar-refractivity contribution in [3.05, 3.63) is 95.1 Å². The number of methoxy groups -OCH3 is 1. The minimum Gasteiger partial charge on any atom is -0.496 e. The quantitative estimate of drug-likeness (QED) is 0.353. The van der Waals surface area contributed by atoms with Crippen molar-refractivity contribution >= 4 is 22.1 Å². The van der Waals surface area contributed by atoms with Crippen LogP contribution < -0.4 is 10.2 Å². The minimum absolute atomic E-state index is 0.0455. The first-order valence-electron chi connectivity index (χ1n) is 10.9. The number of rotatable bonds is 10. The standard InChI is InChI=1S/C26H29N3O4S/c1-4-21-10-12-22(13-11-21)17-27-28-26(30)19-29(18-23-8-6-5-7-9-23)34(31,32)24-14-15-25(33-3)20(2)16-24/h5-17H,4,18-19H2,1-3H3,(H,28,30). The van der Waals surface area contributed by atoms with Gasteiger partial charge in [-0.25, -0.2) is 13.8 Å². The van der Waals surface area contributed by atoms with Crippen LogP contribution in [0.5, 0.6) is 5.75 Å². The predicted octanol–water partition coefficient (Wildman–Crippen LogP) is 3.91. The van der Waals surface area contributed by atoms with E-state index in [1.807, 2.05) is 54.6 Å².